The number of carbonyl (C=O) groups is 1. The molecule has 25 heavy (non-hydrogen) atoms. The Bertz CT molecular complexity index is 776. The van der Waals surface area contributed by atoms with E-state index in [1.165, 1.54) is 11.1 Å². The zero-order valence-electron chi connectivity index (χ0n) is 14.5. The molecule has 1 atom stereocenters. The van der Waals surface area contributed by atoms with Gasteiger partial charge < -0.3 is 14.8 Å². The van der Waals surface area contributed by atoms with Gasteiger partial charge in [-0.1, -0.05) is 17.7 Å². The highest BCUT2D eigenvalue weighted by Gasteiger charge is 2.24. The number of aryl methyl sites for hydroxylation is 2. The number of carbonyl (C=O) groups excluding carboxylic acids is 1. The second-order valence-electron chi connectivity index (χ2n) is 6.18. The first kappa shape index (κ1) is 17.6. The molecule has 0 bridgehead atoms. The van der Waals surface area contributed by atoms with Gasteiger partial charge in [-0.05, 0) is 66.3 Å². The second kappa shape index (κ2) is 7.79. The molecule has 0 radical (unpaired) electrons. The Labute approximate surface area is 153 Å². The van der Waals surface area contributed by atoms with Gasteiger partial charge in [-0.25, -0.2) is 0 Å². The highest BCUT2D eigenvalue weighted by Crippen LogP contribution is 2.33. The minimum absolute atomic E-state index is 0.0395. The van der Waals surface area contributed by atoms with Crippen LogP contribution in [0.15, 0.2) is 36.4 Å². The van der Waals surface area contributed by atoms with Gasteiger partial charge in [0.15, 0.2) is 0 Å². The third-order valence-corrected chi connectivity index (χ3v) is 4.86. The first-order valence-corrected chi connectivity index (χ1v) is 8.77. The fourth-order valence-electron chi connectivity index (χ4n) is 3.33. The van der Waals surface area contributed by atoms with E-state index in [4.69, 9.17) is 21.1 Å². The molecule has 0 aliphatic heterocycles. The molecule has 0 heterocycles. The van der Waals surface area contributed by atoms with Crippen molar-refractivity contribution in [2.75, 3.05) is 14.2 Å². The predicted octanol–water partition coefficient (Wildman–Crippen LogP) is 4.09. The van der Waals surface area contributed by atoms with Crippen LogP contribution in [0.1, 0.15) is 35.6 Å². The largest absolute Gasteiger partial charge is 0.497 e. The van der Waals surface area contributed by atoms with Gasteiger partial charge in [-0.3, -0.25) is 4.79 Å². The zero-order valence-corrected chi connectivity index (χ0v) is 15.2. The van der Waals surface area contributed by atoms with Gasteiger partial charge >= 0.3 is 0 Å². The van der Waals surface area contributed by atoms with E-state index in [0.717, 1.165) is 34.9 Å². The molecular weight excluding hydrogens is 338 g/mol. The fraction of sp³-hybridized carbons (Fsp3) is 0.350. The van der Waals surface area contributed by atoms with Crippen LogP contribution in [0.2, 0.25) is 5.02 Å². The van der Waals surface area contributed by atoms with Crippen LogP contribution in [0.5, 0.6) is 11.5 Å². The number of benzene rings is 2. The molecule has 2 aromatic rings. The topological polar surface area (TPSA) is 47.6 Å². The molecule has 3 rings (SSSR count). The average molecular weight is 360 g/mol. The minimum atomic E-state index is 0.0395. The maximum absolute atomic E-state index is 12.4. The second-order valence-corrected chi connectivity index (χ2v) is 6.62. The Morgan fingerprint density at radius 3 is 2.80 bits per heavy atom. The highest BCUT2D eigenvalue weighted by molar-refractivity contribution is 6.30. The molecule has 1 aliphatic rings. The van der Waals surface area contributed by atoms with E-state index >= 15 is 0 Å². The molecule has 0 saturated heterocycles. The first-order valence-electron chi connectivity index (χ1n) is 8.39. The smallest absolute Gasteiger partial charge is 0.220 e. The van der Waals surface area contributed by atoms with Gasteiger partial charge in [0.2, 0.25) is 5.91 Å². The Balaban J connectivity index is 1.61. The number of hydrogen-bond donors (Lipinski definition) is 1. The lowest BCUT2D eigenvalue weighted by Gasteiger charge is -2.15. The highest BCUT2D eigenvalue weighted by atomic mass is 35.5. The molecular formula is C20H22ClNO3. The molecule has 0 saturated carbocycles. The van der Waals surface area contributed by atoms with Crippen molar-refractivity contribution in [2.45, 2.75) is 31.7 Å². The molecule has 1 unspecified atom stereocenters. The van der Waals surface area contributed by atoms with Gasteiger partial charge in [-0.2, -0.15) is 0 Å². The lowest BCUT2D eigenvalue weighted by Crippen LogP contribution is -2.27. The van der Waals surface area contributed by atoms with E-state index in [-0.39, 0.29) is 11.9 Å². The fourth-order valence-corrected chi connectivity index (χ4v) is 3.52. The van der Waals surface area contributed by atoms with Crippen molar-refractivity contribution in [1.82, 2.24) is 5.32 Å². The first-order chi connectivity index (χ1) is 12.1. The van der Waals surface area contributed by atoms with Gasteiger partial charge in [0, 0.05) is 11.4 Å². The summed E-state index contributed by atoms with van der Waals surface area (Å²) in [5, 5.41) is 3.88. The number of nitrogens with one attached hydrogen (secondary N) is 1. The number of rotatable bonds is 6. The molecule has 4 nitrogen and oxygen atoms in total. The van der Waals surface area contributed by atoms with Crippen molar-refractivity contribution in [3.05, 3.63) is 58.1 Å². The molecule has 1 aliphatic carbocycles. The molecule has 0 fully saturated rings. The van der Waals surface area contributed by atoms with Gasteiger partial charge in [0.05, 0.1) is 20.3 Å². The molecule has 1 N–H and O–H groups in total. The SMILES string of the molecule is COc1ccc(OC)c(CCC(=O)NC2CCc3cc(Cl)ccc32)c1. The van der Waals surface area contributed by atoms with Crippen LogP contribution in [0.3, 0.4) is 0 Å². The van der Waals surface area contributed by atoms with E-state index in [2.05, 4.69) is 5.32 Å². The summed E-state index contributed by atoms with van der Waals surface area (Å²) >= 11 is 6.04. The number of hydrogen-bond acceptors (Lipinski definition) is 3. The summed E-state index contributed by atoms with van der Waals surface area (Å²) in [7, 11) is 3.26. The zero-order chi connectivity index (χ0) is 17.8. The van der Waals surface area contributed by atoms with Gasteiger partial charge in [-0.15, -0.1) is 0 Å². The maximum atomic E-state index is 12.4. The third-order valence-electron chi connectivity index (χ3n) is 4.63. The van der Waals surface area contributed by atoms with E-state index in [9.17, 15) is 4.79 Å². The monoisotopic (exact) mass is 359 g/mol. The molecule has 1 amide bonds. The number of methoxy groups -OCH3 is 2. The molecule has 0 spiro atoms. The third kappa shape index (κ3) is 4.07. The van der Waals surface area contributed by atoms with E-state index in [0.29, 0.717) is 12.8 Å². The average Bonchev–Trinajstić information content (AvgIpc) is 3.01. The van der Waals surface area contributed by atoms with Crippen molar-refractivity contribution >= 4 is 17.5 Å². The number of amides is 1. The van der Waals surface area contributed by atoms with Crippen LogP contribution in [-0.4, -0.2) is 20.1 Å². The quantitative estimate of drug-likeness (QED) is 0.844. The number of ether oxygens (including phenoxy) is 2. The van der Waals surface area contributed by atoms with Crippen LogP contribution in [0, 0.1) is 0 Å². The van der Waals surface area contributed by atoms with Crippen molar-refractivity contribution in [3.8, 4) is 11.5 Å². The molecule has 5 heteroatoms. The van der Waals surface area contributed by atoms with Crippen molar-refractivity contribution < 1.29 is 14.3 Å². The van der Waals surface area contributed by atoms with Crippen molar-refractivity contribution in [3.63, 3.8) is 0 Å². The van der Waals surface area contributed by atoms with E-state index in [1.54, 1.807) is 14.2 Å². The molecule has 132 valence electrons. The van der Waals surface area contributed by atoms with Crippen molar-refractivity contribution in [2.24, 2.45) is 0 Å². The van der Waals surface area contributed by atoms with Crippen LogP contribution in [-0.2, 0) is 17.6 Å². The van der Waals surface area contributed by atoms with Crippen LogP contribution >= 0.6 is 11.6 Å². The normalized spacial score (nSPS) is 15.6. The minimum Gasteiger partial charge on any atom is -0.497 e. The van der Waals surface area contributed by atoms with Crippen molar-refractivity contribution in [1.29, 1.82) is 0 Å². The summed E-state index contributed by atoms with van der Waals surface area (Å²) in [6, 6.07) is 11.6. The van der Waals surface area contributed by atoms with Crippen LogP contribution < -0.4 is 14.8 Å². The summed E-state index contributed by atoms with van der Waals surface area (Å²) in [4.78, 5) is 12.4. The summed E-state index contributed by atoms with van der Waals surface area (Å²) in [6.45, 7) is 0. The lowest BCUT2D eigenvalue weighted by molar-refractivity contribution is -0.121. The van der Waals surface area contributed by atoms with Gasteiger partial charge in [0.25, 0.3) is 0 Å². The summed E-state index contributed by atoms with van der Waals surface area (Å²) in [6.07, 6.45) is 2.88. The Kier molecular flexibility index (Phi) is 5.49. The molecule has 2 aromatic carbocycles. The van der Waals surface area contributed by atoms with E-state index in [1.807, 2.05) is 36.4 Å². The number of halogens is 1. The standard InChI is InChI=1S/C20H22ClNO3/c1-24-16-6-9-19(25-2)14(12-16)4-10-20(23)22-18-8-3-13-11-15(21)5-7-17(13)18/h5-7,9,11-12,18H,3-4,8,10H2,1-2H3,(H,22,23). The number of fused-ring (bicyclic) bond motifs is 1. The predicted molar refractivity (Wildman–Crippen MR) is 98.5 cm³/mol. The van der Waals surface area contributed by atoms with Gasteiger partial charge in [0.1, 0.15) is 11.5 Å². The summed E-state index contributed by atoms with van der Waals surface area (Å²) < 4.78 is 10.6. The Morgan fingerprint density at radius 2 is 2.04 bits per heavy atom. The Morgan fingerprint density at radius 1 is 1.20 bits per heavy atom. The Hall–Kier alpha value is -2.20. The maximum Gasteiger partial charge on any atom is 0.220 e. The summed E-state index contributed by atoms with van der Waals surface area (Å²) in [5.41, 5.74) is 3.37. The lowest BCUT2D eigenvalue weighted by atomic mass is 10.1. The molecule has 0 aromatic heterocycles. The van der Waals surface area contributed by atoms with Crippen LogP contribution in [0.4, 0.5) is 0 Å². The summed E-state index contributed by atoms with van der Waals surface area (Å²) in [5.74, 6) is 1.57. The van der Waals surface area contributed by atoms with E-state index < -0.39 is 0 Å². The van der Waals surface area contributed by atoms with Crippen LogP contribution in [0.25, 0.3) is 0 Å².